The highest BCUT2D eigenvalue weighted by Gasteiger charge is 2.22. The summed E-state index contributed by atoms with van der Waals surface area (Å²) in [7, 11) is 0. The molecule has 0 amide bonds. The highest BCUT2D eigenvalue weighted by atomic mass is 16.6. The van der Waals surface area contributed by atoms with Crippen molar-refractivity contribution >= 4 is 11.4 Å². The summed E-state index contributed by atoms with van der Waals surface area (Å²) in [5.41, 5.74) is 0.530. The van der Waals surface area contributed by atoms with Crippen LogP contribution in [0.2, 0.25) is 0 Å². The zero-order chi connectivity index (χ0) is 15.2. The molecule has 1 heterocycles. The van der Waals surface area contributed by atoms with Crippen LogP contribution in [0.25, 0.3) is 0 Å². The number of anilines is 1. The van der Waals surface area contributed by atoms with Crippen LogP contribution in [0.5, 0.6) is 5.75 Å². The van der Waals surface area contributed by atoms with Crippen LogP contribution in [0.3, 0.4) is 0 Å². The van der Waals surface area contributed by atoms with Gasteiger partial charge in [-0.1, -0.05) is 6.07 Å². The molecule has 1 fully saturated rings. The number of benzene rings is 1. The van der Waals surface area contributed by atoms with Gasteiger partial charge in [-0.3, -0.25) is 10.1 Å². The topological polar surface area (TPSA) is 73.6 Å². The fraction of sp³-hybridized carbons (Fsp3) is 0.600. The number of nitrogens with zero attached hydrogens (tertiary/aromatic N) is 1. The molecule has 1 N–H and O–H groups in total. The predicted octanol–water partition coefficient (Wildman–Crippen LogP) is 3.22. The fourth-order valence-electron chi connectivity index (χ4n) is 2.41. The van der Waals surface area contributed by atoms with Crippen molar-refractivity contribution in [2.75, 3.05) is 25.1 Å². The first-order valence-electron chi connectivity index (χ1n) is 7.33. The average Bonchev–Trinajstić information content (AvgIpc) is 2.45. The molecule has 1 aromatic carbocycles. The normalized spacial score (nSPS) is 16.0. The number of para-hydroxylation sites is 1. The van der Waals surface area contributed by atoms with Gasteiger partial charge in [0.25, 0.3) is 0 Å². The van der Waals surface area contributed by atoms with E-state index in [2.05, 4.69) is 5.32 Å². The molecule has 6 heteroatoms. The van der Waals surface area contributed by atoms with Gasteiger partial charge in [-0.15, -0.1) is 0 Å². The number of hydrogen-bond donors (Lipinski definition) is 1. The SMILES string of the molecule is CC(C)Oc1cccc(NCC2CCOCC2)c1[N+](=O)[O-]. The third-order valence-electron chi connectivity index (χ3n) is 3.47. The second-order valence-corrected chi connectivity index (χ2v) is 5.51. The van der Waals surface area contributed by atoms with Crippen molar-refractivity contribution in [1.82, 2.24) is 0 Å². The summed E-state index contributed by atoms with van der Waals surface area (Å²) in [6.45, 7) is 5.96. The molecule has 2 rings (SSSR count). The second kappa shape index (κ2) is 7.26. The van der Waals surface area contributed by atoms with Crippen molar-refractivity contribution in [1.29, 1.82) is 0 Å². The van der Waals surface area contributed by atoms with Crippen LogP contribution in [0.15, 0.2) is 18.2 Å². The first-order valence-corrected chi connectivity index (χ1v) is 7.33. The van der Waals surface area contributed by atoms with Gasteiger partial charge in [-0.25, -0.2) is 0 Å². The minimum atomic E-state index is -0.385. The van der Waals surface area contributed by atoms with Crippen LogP contribution in [-0.4, -0.2) is 30.8 Å². The average molecular weight is 294 g/mol. The van der Waals surface area contributed by atoms with E-state index in [0.717, 1.165) is 32.6 Å². The Hall–Kier alpha value is -1.82. The molecule has 0 aliphatic carbocycles. The molecule has 0 spiro atoms. The summed E-state index contributed by atoms with van der Waals surface area (Å²) in [6.07, 6.45) is 1.88. The van der Waals surface area contributed by atoms with Gasteiger partial charge in [0, 0.05) is 19.8 Å². The minimum absolute atomic E-state index is 0.0123. The molecule has 1 aromatic rings. The van der Waals surface area contributed by atoms with Crippen LogP contribution < -0.4 is 10.1 Å². The summed E-state index contributed by atoms with van der Waals surface area (Å²) in [5, 5.41) is 14.5. The Morgan fingerprint density at radius 3 is 2.76 bits per heavy atom. The number of rotatable bonds is 6. The Morgan fingerprint density at radius 1 is 1.43 bits per heavy atom. The van der Waals surface area contributed by atoms with Crippen LogP contribution in [0, 0.1) is 16.0 Å². The molecule has 1 aliphatic rings. The largest absolute Gasteiger partial charge is 0.484 e. The van der Waals surface area contributed by atoms with Crippen LogP contribution in [0.1, 0.15) is 26.7 Å². The van der Waals surface area contributed by atoms with E-state index < -0.39 is 0 Å². The van der Waals surface area contributed by atoms with Gasteiger partial charge in [-0.2, -0.15) is 0 Å². The van der Waals surface area contributed by atoms with Crippen molar-refractivity contribution in [3.05, 3.63) is 28.3 Å². The Bertz CT molecular complexity index is 485. The van der Waals surface area contributed by atoms with E-state index in [0.29, 0.717) is 17.4 Å². The number of nitrogens with one attached hydrogen (secondary N) is 1. The maximum absolute atomic E-state index is 11.3. The van der Waals surface area contributed by atoms with Crippen LogP contribution in [0.4, 0.5) is 11.4 Å². The van der Waals surface area contributed by atoms with E-state index in [1.807, 2.05) is 13.8 Å². The van der Waals surface area contributed by atoms with E-state index in [1.54, 1.807) is 18.2 Å². The van der Waals surface area contributed by atoms with Crippen molar-refractivity contribution < 1.29 is 14.4 Å². The third kappa shape index (κ3) is 4.32. The van der Waals surface area contributed by atoms with Crippen molar-refractivity contribution in [2.45, 2.75) is 32.8 Å². The van der Waals surface area contributed by atoms with Gasteiger partial charge < -0.3 is 14.8 Å². The minimum Gasteiger partial charge on any atom is -0.484 e. The molecule has 0 saturated carbocycles. The lowest BCUT2D eigenvalue weighted by molar-refractivity contribution is -0.385. The summed E-state index contributed by atoms with van der Waals surface area (Å²) in [6, 6.07) is 5.14. The zero-order valence-corrected chi connectivity index (χ0v) is 12.5. The van der Waals surface area contributed by atoms with Crippen LogP contribution in [-0.2, 0) is 4.74 Å². The molecular weight excluding hydrogens is 272 g/mol. The zero-order valence-electron chi connectivity index (χ0n) is 12.5. The third-order valence-corrected chi connectivity index (χ3v) is 3.47. The number of nitro groups is 1. The van der Waals surface area contributed by atoms with Gasteiger partial charge >= 0.3 is 5.69 Å². The predicted molar refractivity (Wildman–Crippen MR) is 80.9 cm³/mol. The summed E-state index contributed by atoms with van der Waals surface area (Å²) in [4.78, 5) is 11.0. The number of hydrogen-bond acceptors (Lipinski definition) is 5. The lowest BCUT2D eigenvalue weighted by Gasteiger charge is -2.22. The number of ether oxygens (including phenoxy) is 2. The summed E-state index contributed by atoms with van der Waals surface area (Å²) in [5.74, 6) is 0.806. The maximum Gasteiger partial charge on any atom is 0.333 e. The quantitative estimate of drug-likeness (QED) is 0.644. The van der Waals surface area contributed by atoms with Crippen molar-refractivity contribution in [3.8, 4) is 5.75 Å². The van der Waals surface area contributed by atoms with E-state index >= 15 is 0 Å². The van der Waals surface area contributed by atoms with Crippen LogP contribution >= 0.6 is 0 Å². The molecule has 0 radical (unpaired) electrons. The number of nitro benzene ring substituents is 1. The molecule has 21 heavy (non-hydrogen) atoms. The molecule has 0 bridgehead atoms. The van der Waals surface area contributed by atoms with Gasteiger partial charge in [0.05, 0.1) is 11.0 Å². The Balaban J connectivity index is 2.11. The van der Waals surface area contributed by atoms with E-state index in [-0.39, 0.29) is 16.7 Å². The van der Waals surface area contributed by atoms with E-state index in [9.17, 15) is 10.1 Å². The maximum atomic E-state index is 11.3. The molecule has 1 saturated heterocycles. The van der Waals surface area contributed by atoms with Gasteiger partial charge in [-0.05, 0) is 44.7 Å². The van der Waals surface area contributed by atoms with E-state index in [4.69, 9.17) is 9.47 Å². The summed E-state index contributed by atoms with van der Waals surface area (Å²) >= 11 is 0. The highest BCUT2D eigenvalue weighted by Crippen LogP contribution is 2.35. The van der Waals surface area contributed by atoms with Gasteiger partial charge in [0.1, 0.15) is 5.69 Å². The highest BCUT2D eigenvalue weighted by molar-refractivity contribution is 5.68. The monoisotopic (exact) mass is 294 g/mol. The lowest BCUT2D eigenvalue weighted by Crippen LogP contribution is -2.23. The molecule has 0 aromatic heterocycles. The van der Waals surface area contributed by atoms with Gasteiger partial charge in [0.2, 0.25) is 0 Å². The van der Waals surface area contributed by atoms with E-state index in [1.165, 1.54) is 0 Å². The summed E-state index contributed by atoms with van der Waals surface area (Å²) < 4.78 is 10.9. The smallest absolute Gasteiger partial charge is 0.333 e. The lowest BCUT2D eigenvalue weighted by atomic mass is 10.0. The second-order valence-electron chi connectivity index (χ2n) is 5.51. The Labute approximate surface area is 124 Å². The molecule has 0 unspecified atom stereocenters. The molecule has 1 aliphatic heterocycles. The first-order chi connectivity index (χ1) is 10.1. The molecule has 0 atom stereocenters. The Morgan fingerprint density at radius 2 is 2.14 bits per heavy atom. The van der Waals surface area contributed by atoms with Crippen molar-refractivity contribution in [2.24, 2.45) is 5.92 Å². The molecule has 116 valence electrons. The fourth-order valence-corrected chi connectivity index (χ4v) is 2.41. The van der Waals surface area contributed by atoms with Gasteiger partial charge in [0.15, 0.2) is 5.75 Å². The van der Waals surface area contributed by atoms with Crippen molar-refractivity contribution in [3.63, 3.8) is 0 Å². The first kappa shape index (κ1) is 15.6. The Kier molecular flexibility index (Phi) is 5.38. The molecular formula is C15H22N2O4. The molecule has 6 nitrogen and oxygen atoms in total. The standard InChI is InChI=1S/C15H22N2O4/c1-11(2)21-14-5-3-4-13(15(14)17(18)19)16-10-12-6-8-20-9-7-12/h3-5,11-12,16H,6-10H2,1-2H3.